The average molecular weight is 317 g/mol. The van der Waals surface area contributed by atoms with Crippen LogP contribution in [0.25, 0.3) is 5.65 Å². The largest absolute Gasteiger partial charge is 0.457 e. The second-order valence-corrected chi connectivity index (χ2v) is 5.19. The molecular weight excluding hydrogens is 304 g/mol. The predicted octanol–water partition coefficient (Wildman–Crippen LogP) is 3.44. The number of benzene rings is 1. The molecule has 0 saturated carbocycles. The van der Waals surface area contributed by atoms with Crippen molar-refractivity contribution >= 4 is 28.8 Å². The number of pyridine rings is 1. The standard InChI is InChI=1S/C15H13ClN4O2/c1-9-5-11(19-10(2)21)3-4-13(9)22-12-6-14(16)20-15(7-12)17-8-18-20/h3-8H,1-2H3,(H,19,21). The SMILES string of the molecule is CC(=O)Nc1ccc(Oc2cc(Cl)n3ncnc3c2)c(C)c1. The Kier molecular flexibility index (Phi) is 3.68. The molecule has 0 aliphatic carbocycles. The lowest BCUT2D eigenvalue weighted by atomic mass is 10.2. The van der Waals surface area contributed by atoms with Crippen LogP contribution in [0.2, 0.25) is 5.15 Å². The van der Waals surface area contributed by atoms with Gasteiger partial charge < -0.3 is 10.1 Å². The van der Waals surface area contributed by atoms with E-state index in [9.17, 15) is 4.79 Å². The summed E-state index contributed by atoms with van der Waals surface area (Å²) in [5.74, 6) is 1.13. The molecule has 6 nitrogen and oxygen atoms in total. The van der Waals surface area contributed by atoms with Crippen molar-refractivity contribution in [2.24, 2.45) is 0 Å². The van der Waals surface area contributed by atoms with Crippen LogP contribution in [-0.4, -0.2) is 20.5 Å². The smallest absolute Gasteiger partial charge is 0.221 e. The summed E-state index contributed by atoms with van der Waals surface area (Å²) in [7, 11) is 0. The summed E-state index contributed by atoms with van der Waals surface area (Å²) in [5.41, 5.74) is 2.22. The van der Waals surface area contributed by atoms with Crippen molar-refractivity contribution < 1.29 is 9.53 Å². The van der Waals surface area contributed by atoms with E-state index < -0.39 is 0 Å². The minimum absolute atomic E-state index is 0.114. The predicted molar refractivity (Wildman–Crippen MR) is 83.6 cm³/mol. The first kappa shape index (κ1) is 14.3. The summed E-state index contributed by atoms with van der Waals surface area (Å²) in [6.07, 6.45) is 1.43. The van der Waals surface area contributed by atoms with E-state index in [1.807, 2.05) is 13.0 Å². The van der Waals surface area contributed by atoms with Gasteiger partial charge in [-0.3, -0.25) is 4.79 Å². The molecule has 22 heavy (non-hydrogen) atoms. The lowest BCUT2D eigenvalue weighted by Gasteiger charge is -2.11. The number of carbonyl (C=O) groups is 1. The Hall–Kier alpha value is -2.60. The van der Waals surface area contributed by atoms with Gasteiger partial charge in [0.2, 0.25) is 5.91 Å². The summed E-state index contributed by atoms with van der Waals surface area (Å²) < 4.78 is 7.36. The van der Waals surface area contributed by atoms with Crippen LogP contribution in [0.4, 0.5) is 5.69 Å². The van der Waals surface area contributed by atoms with Crippen LogP contribution < -0.4 is 10.1 Å². The Morgan fingerprint density at radius 3 is 2.86 bits per heavy atom. The summed E-state index contributed by atoms with van der Waals surface area (Å²) in [4.78, 5) is 15.2. The van der Waals surface area contributed by atoms with E-state index in [1.165, 1.54) is 17.8 Å². The molecule has 0 aliphatic heterocycles. The Morgan fingerprint density at radius 2 is 2.14 bits per heavy atom. The number of anilines is 1. The van der Waals surface area contributed by atoms with E-state index in [0.29, 0.717) is 22.3 Å². The van der Waals surface area contributed by atoms with Gasteiger partial charge in [0.25, 0.3) is 0 Å². The molecule has 1 N–H and O–H groups in total. The van der Waals surface area contributed by atoms with Crippen molar-refractivity contribution in [2.45, 2.75) is 13.8 Å². The Morgan fingerprint density at radius 1 is 1.32 bits per heavy atom. The first-order valence-corrected chi connectivity index (χ1v) is 6.96. The average Bonchev–Trinajstić information content (AvgIpc) is 2.90. The van der Waals surface area contributed by atoms with Crippen molar-refractivity contribution in [1.29, 1.82) is 0 Å². The van der Waals surface area contributed by atoms with E-state index >= 15 is 0 Å². The molecule has 1 amide bonds. The molecule has 0 saturated heterocycles. The Balaban J connectivity index is 1.89. The fourth-order valence-corrected chi connectivity index (χ4v) is 2.33. The van der Waals surface area contributed by atoms with Gasteiger partial charge in [-0.25, -0.2) is 9.50 Å². The zero-order valence-corrected chi connectivity index (χ0v) is 12.8. The summed E-state index contributed by atoms with van der Waals surface area (Å²) in [6.45, 7) is 3.37. The molecule has 7 heteroatoms. The molecule has 2 heterocycles. The number of fused-ring (bicyclic) bond motifs is 1. The van der Waals surface area contributed by atoms with Crippen LogP contribution >= 0.6 is 11.6 Å². The van der Waals surface area contributed by atoms with Gasteiger partial charge >= 0.3 is 0 Å². The number of hydrogen-bond acceptors (Lipinski definition) is 4. The number of nitrogens with zero attached hydrogens (tertiary/aromatic N) is 3. The first-order chi connectivity index (χ1) is 10.5. The van der Waals surface area contributed by atoms with Gasteiger partial charge in [-0.05, 0) is 30.7 Å². The molecule has 112 valence electrons. The molecule has 3 rings (SSSR count). The maximum atomic E-state index is 11.1. The minimum Gasteiger partial charge on any atom is -0.457 e. The van der Waals surface area contributed by atoms with E-state index in [-0.39, 0.29) is 5.91 Å². The quantitative estimate of drug-likeness (QED) is 0.751. The Labute approximate surface area is 131 Å². The molecule has 3 aromatic rings. The highest BCUT2D eigenvalue weighted by Crippen LogP contribution is 2.29. The van der Waals surface area contributed by atoms with E-state index in [0.717, 1.165) is 11.3 Å². The maximum Gasteiger partial charge on any atom is 0.221 e. The third kappa shape index (κ3) is 2.87. The van der Waals surface area contributed by atoms with Gasteiger partial charge in [-0.1, -0.05) is 11.6 Å². The van der Waals surface area contributed by atoms with Crippen LogP contribution in [0.1, 0.15) is 12.5 Å². The second kappa shape index (κ2) is 5.65. The zero-order valence-electron chi connectivity index (χ0n) is 12.0. The fraction of sp³-hybridized carbons (Fsp3) is 0.133. The highest BCUT2D eigenvalue weighted by Gasteiger charge is 2.08. The molecule has 1 aromatic carbocycles. The molecule has 0 radical (unpaired) electrons. The maximum absolute atomic E-state index is 11.1. The van der Waals surface area contributed by atoms with E-state index in [2.05, 4.69) is 15.4 Å². The topological polar surface area (TPSA) is 68.5 Å². The minimum atomic E-state index is -0.114. The first-order valence-electron chi connectivity index (χ1n) is 6.58. The molecule has 0 fully saturated rings. The fourth-order valence-electron chi connectivity index (χ4n) is 2.09. The highest BCUT2D eigenvalue weighted by atomic mass is 35.5. The van der Waals surface area contributed by atoms with Gasteiger partial charge in [0, 0.05) is 24.7 Å². The number of carbonyl (C=O) groups excluding carboxylic acids is 1. The number of aromatic nitrogens is 3. The molecule has 0 bridgehead atoms. The van der Waals surface area contributed by atoms with Gasteiger partial charge in [0.1, 0.15) is 23.0 Å². The molecule has 0 aliphatic rings. The molecular formula is C15H13ClN4O2. The van der Waals surface area contributed by atoms with Crippen LogP contribution in [0.3, 0.4) is 0 Å². The monoisotopic (exact) mass is 316 g/mol. The summed E-state index contributed by atoms with van der Waals surface area (Å²) in [6, 6.07) is 8.84. The number of nitrogens with one attached hydrogen (secondary N) is 1. The van der Waals surface area contributed by atoms with Gasteiger partial charge in [-0.15, -0.1) is 0 Å². The van der Waals surface area contributed by atoms with Crippen molar-refractivity contribution in [3.05, 3.63) is 47.4 Å². The van der Waals surface area contributed by atoms with Crippen molar-refractivity contribution in [3.63, 3.8) is 0 Å². The third-order valence-electron chi connectivity index (χ3n) is 3.03. The molecule has 0 spiro atoms. The number of ether oxygens (including phenoxy) is 1. The van der Waals surface area contributed by atoms with Crippen molar-refractivity contribution in [2.75, 3.05) is 5.32 Å². The van der Waals surface area contributed by atoms with Crippen molar-refractivity contribution in [1.82, 2.24) is 14.6 Å². The summed E-state index contributed by atoms with van der Waals surface area (Å²) in [5, 5.41) is 7.14. The third-order valence-corrected chi connectivity index (χ3v) is 3.30. The van der Waals surface area contributed by atoms with Crippen LogP contribution in [0, 0.1) is 6.92 Å². The normalized spacial score (nSPS) is 10.7. The lowest BCUT2D eigenvalue weighted by molar-refractivity contribution is -0.114. The number of rotatable bonds is 3. The number of aryl methyl sites for hydroxylation is 1. The number of hydrogen-bond donors (Lipinski definition) is 1. The molecule has 2 aromatic heterocycles. The Bertz CT molecular complexity index is 860. The van der Waals surface area contributed by atoms with Crippen LogP contribution in [0.15, 0.2) is 36.7 Å². The van der Waals surface area contributed by atoms with E-state index in [1.54, 1.807) is 24.3 Å². The summed E-state index contributed by atoms with van der Waals surface area (Å²) >= 11 is 6.13. The van der Waals surface area contributed by atoms with E-state index in [4.69, 9.17) is 16.3 Å². The van der Waals surface area contributed by atoms with Gasteiger partial charge in [-0.2, -0.15) is 5.10 Å². The van der Waals surface area contributed by atoms with Crippen molar-refractivity contribution in [3.8, 4) is 11.5 Å². The lowest BCUT2D eigenvalue weighted by Crippen LogP contribution is -2.05. The highest BCUT2D eigenvalue weighted by molar-refractivity contribution is 6.29. The number of amides is 1. The van der Waals surface area contributed by atoms with Gasteiger partial charge in [0.05, 0.1) is 0 Å². The second-order valence-electron chi connectivity index (χ2n) is 4.81. The zero-order chi connectivity index (χ0) is 15.7. The number of halogens is 1. The molecule has 0 atom stereocenters. The van der Waals surface area contributed by atoms with Crippen LogP contribution in [-0.2, 0) is 4.79 Å². The van der Waals surface area contributed by atoms with Gasteiger partial charge in [0.15, 0.2) is 5.65 Å². The van der Waals surface area contributed by atoms with Crippen LogP contribution in [0.5, 0.6) is 11.5 Å². The molecule has 0 unspecified atom stereocenters.